The first-order valence-electron chi connectivity index (χ1n) is 6.26. The van der Waals surface area contributed by atoms with Crippen molar-refractivity contribution in [1.29, 1.82) is 5.41 Å². The molecular formula is C13H18ClN5S. The Morgan fingerprint density at radius 1 is 1.55 bits per heavy atom. The van der Waals surface area contributed by atoms with Crippen molar-refractivity contribution in [1.82, 2.24) is 15.2 Å². The van der Waals surface area contributed by atoms with Crippen molar-refractivity contribution < 1.29 is 0 Å². The number of halogens is 1. The second-order valence-electron chi connectivity index (χ2n) is 3.81. The van der Waals surface area contributed by atoms with E-state index < -0.39 is 0 Å². The monoisotopic (exact) mass is 311 g/mol. The minimum Gasteiger partial charge on any atom is -0.363 e. The summed E-state index contributed by atoms with van der Waals surface area (Å²) in [5.41, 5.74) is 1.32. The highest BCUT2D eigenvalue weighted by Gasteiger charge is 2.15. The number of rotatable bonds is 6. The van der Waals surface area contributed by atoms with E-state index in [1.807, 2.05) is 26.0 Å². The van der Waals surface area contributed by atoms with Crippen LogP contribution in [0.2, 0.25) is 0 Å². The predicted molar refractivity (Wildman–Crippen MR) is 88.2 cm³/mol. The number of aromatic nitrogens is 1. The Morgan fingerprint density at radius 3 is 2.80 bits per heavy atom. The Labute approximate surface area is 129 Å². The van der Waals surface area contributed by atoms with Crippen molar-refractivity contribution >= 4 is 39.8 Å². The molecule has 0 atom stereocenters. The highest BCUT2D eigenvalue weighted by molar-refractivity contribution is 7.80. The molecule has 108 valence electrons. The molecule has 1 rings (SSSR count). The second kappa shape index (κ2) is 8.50. The SMILES string of the molecule is CCNC(=S)N(CC)/C(=C/Nc1cccnc1)C(=N)Cl. The smallest absolute Gasteiger partial charge is 0.173 e. The van der Waals surface area contributed by atoms with Crippen LogP contribution >= 0.6 is 23.8 Å². The van der Waals surface area contributed by atoms with Crippen LogP contribution in [0.1, 0.15) is 13.8 Å². The maximum absolute atomic E-state index is 7.69. The molecule has 0 saturated carbocycles. The number of hydrogen-bond acceptors (Lipinski definition) is 4. The Bertz CT molecular complexity index is 489. The average molecular weight is 312 g/mol. The van der Waals surface area contributed by atoms with E-state index in [1.165, 1.54) is 0 Å². The van der Waals surface area contributed by atoms with Gasteiger partial charge in [0.1, 0.15) is 5.17 Å². The summed E-state index contributed by atoms with van der Waals surface area (Å²) >= 11 is 11.1. The fourth-order valence-corrected chi connectivity index (χ4v) is 2.06. The molecule has 1 heterocycles. The molecule has 0 aliphatic heterocycles. The van der Waals surface area contributed by atoms with Crippen LogP contribution in [-0.2, 0) is 0 Å². The van der Waals surface area contributed by atoms with Gasteiger partial charge in [0.25, 0.3) is 0 Å². The van der Waals surface area contributed by atoms with E-state index in [0.29, 0.717) is 23.9 Å². The summed E-state index contributed by atoms with van der Waals surface area (Å²) in [5.74, 6) is 0. The second-order valence-corrected chi connectivity index (χ2v) is 4.57. The molecule has 0 radical (unpaired) electrons. The van der Waals surface area contributed by atoms with Gasteiger partial charge in [-0.25, -0.2) is 0 Å². The van der Waals surface area contributed by atoms with Crippen LogP contribution in [-0.4, -0.2) is 33.3 Å². The van der Waals surface area contributed by atoms with E-state index in [2.05, 4.69) is 15.6 Å². The maximum Gasteiger partial charge on any atom is 0.173 e. The number of allylic oxidation sites excluding steroid dienone is 1. The lowest BCUT2D eigenvalue weighted by Gasteiger charge is -2.25. The highest BCUT2D eigenvalue weighted by atomic mass is 35.5. The molecule has 7 heteroatoms. The molecule has 0 aromatic carbocycles. The number of anilines is 1. The molecule has 0 bridgehead atoms. The Kier molecular flexibility index (Phi) is 6.97. The molecule has 1 aromatic rings. The Morgan fingerprint density at radius 2 is 2.30 bits per heavy atom. The standard InChI is InChI=1S/C13H18ClN5S/c1-3-17-13(20)19(4-2)11(12(14)15)9-18-10-6-5-7-16-8-10/h5-9,15,18H,3-4H2,1-2H3,(H,17,20)/b11-9+,15-12?. The molecule has 0 spiro atoms. The average Bonchev–Trinajstić information content (AvgIpc) is 2.44. The molecule has 0 fully saturated rings. The number of hydrogen-bond donors (Lipinski definition) is 3. The lowest BCUT2D eigenvalue weighted by molar-refractivity contribution is 0.554. The van der Waals surface area contributed by atoms with Crippen molar-refractivity contribution in [3.63, 3.8) is 0 Å². The van der Waals surface area contributed by atoms with Gasteiger partial charge in [-0.05, 0) is 38.2 Å². The van der Waals surface area contributed by atoms with Crippen LogP contribution in [0.4, 0.5) is 5.69 Å². The molecule has 0 unspecified atom stereocenters. The van der Waals surface area contributed by atoms with Crippen LogP contribution in [0.25, 0.3) is 0 Å². The lowest BCUT2D eigenvalue weighted by atomic mass is 10.4. The van der Waals surface area contributed by atoms with Crippen LogP contribution in [0.15, 0.2) is 36.4 Å². The molecular weight excluding hydrogens is 294 g/mol. The van der Waals surface area contributed by atoms with E-state index >= 15 is 0 Å². The number of pyridine rings is 1. The predicted octanol–water partition coefficient (Wildman–Crippen LogP) is 2.77. The van der Waals surface area contributed by atoms with Crippen LogP contribution in [0, 0.1) is 5.41 Å². The summed E-state index contributed by atoms with van der Waals surface area (Å²) in [6, 6.07) is 3.70. The topological polar surface area (TPSA) is 64.0 Å². The van der Waals surface area contributed by atoms with E-state index in [9.17, 15) is 0 Å². The van der Waals surface area contributed by atoms with Crippen LogP contribution < -0.4 is 10.6 Å². The summed E-state index contributed by atoms with van der Waals surface area (Å²) in [4.78, 5) is 5.77. The number of thiocarbonyl (C=S) groups is 1. The van der Waals surface area contributed by atoms with Crippen molar-refractivity contribution in [2.45, 2.75) is 13.8 Å². The minimum absolute atomic E-state index is 0.0801. The molecule has 5 nitrogen and oxygen atoms in total. The first-order chi connectivity index (χ1) is 9.60. The molecule has 3 N–H and O–H groups in total. The van der Waals surface area contributed by atoms with Gasteiger partial charge in [-0.1, -0.05) is 11.6 Å². The van der Waals surface area contributed by atoms with E-state index in [4.69, 9.17) is 29.2 Å². The van der Waals surface area contributed by atoms with Gasteiger partial charge in [0.2, 0.25) is 0 Å². The zero-order valence-electron chi connectivity index (χ0n) is 11.5. The van der Waals surface area contributed by atoms with Crippen molar-refractivity contribution in [3.8, 4) is 0 Å². The maximum atomic E-state index is 7.69. The van der Waals surface area contributed by atoms with Gasteiger partial charge in [-0.2, -0.15) is 0 Å². The fraction of sp³-hybridized carbons (Fsp3) is 0.308. The summed E-state index contributed by atoms with van der Waals surface area (Å²) in [6.45, 7) is 5.24. The third-order valence-electron chi connectivity index (χ3n) is 2.44. The van der Waals surface area contributed by atoms with Crippen LogP contribution in [0.5, 0.6) is 0 Å². The van der Waals surface area contributed by atoms with Gasteiger partial charge in [0, 0.05) is 25.5 Å². The first kappa shape index (κ1) is 16.4. The van der Waals surface area contributed by atoms with Crippen molar-refractivity contribution in [2.75, 3.05) is 18.4 Å². The minimum atomic E-state index is -0.0801. The van der Waals surface area contributed by atoms with Crippen molar-refractivity contribution in [2.24, 2.45) is 0 Å². The number of nitrogens with one attached hydrogen (secondary N) is 3. The lowest BCUT2D eigenvalue weighted by Crippen LogP contribution is -2.40. The summed E-state index contributed by atoms with van der Waals surface area (Å²) in [7, 11) is 0. The molecule has 0 aliphatic carbocycles. The van der Waals surface area contributed by atoms with Gasteiger partial charge < -0.3 is 15.5 Å². The summed E-state index contributed by atoms with van der Waals surface area (Å²) < 4.78 is 0. The third kappa shape index (κ3) is 4.79. The summed E-state index contributed by atoms with van der Waals surface area (Å²) in [6.07, 6.45) is 5.03. The zero-order valence-corrected chi connectivity index (χ0v) is 13.1. The molecule has 1 aromatic heterocycles. The third-order valence-corrected chi connectivity index (χ3v) is 3.00. The van der Waals surface area contributed by atoms with Crippen LogP contribution in [0.3, 0.4) is 0 Å². The molecule has 0 aliphatic rings. The molecule has 20 heavy (non-hydrogen) atoms. The quantitative estimate of drug-likeness (QED) is 0.557. The van der Waals surface area contributed by atoms with E-state index in [1.54, 1.807) is 23.5 Å². The van der Waals surface area contributed by atoms with Gasteiger partial charge >= 0.3 is 0 Å². The zero-order chi connectivity index (χ0) is 15.0. The van der Waals surface area contributed by atoms with Gasteiger partial charge in [0.15, 0.2) is 5.11 Å². The fourth-order valence-electron chi connectivity index (χ4n) is 1.53. The van der Waals surface area contributed by atoms with Gasteiger partial charge in [-0.3, -0.25) is 10.4 Å². The number of nitrogens with zero attached hydrogens (tertiary/aromatic N) is 2. The van der Waals surface area contributed by atoms with E-state index in [0.717, 1.165) is 5.69 Å². The van der Waals surface area contributed by atoms with Gasteiger partial charge in [-0.15, -0.1) is 0 Å². The Balaban J connectivity index is 2.91. The molecule has 0 saturated heterocycles. The Hall–Kier alpha value is -1.66. The van der Waals surface area contributed by atoms with Crippen molar-refractivity contribution in [3.05, 3.63) is 36.4 Å². The normalized spacial score (nSPS) is 10.8. The largest absolute Gasteiger partial charge is 0.363 e. The van der Waals surface area contributed by atoms with E-state index in [-0.39, 0.29) is 5.17 Å². The first-order valence-corrected chi connectivity index (χ1v) is 7.05. The summed E-state index contributed by atoms with van der Waals surface area (Å²) in [5, 5.41) is 14.3. The molecule has 0 amide bonds. The van der Waals surface area contributed by atoms with Gasteiger partial charge in [0.05, 0.1) is 17.6 Å². The highest BCUT2D eigenvalue weighted by Crippen LogP contribution is 2.11.